The van der Waals surface area contributed by atoms with Gasteiger partial charge < -0.3 is 14.6 Å². The SMILES string of the molecule is Cc1ccc(C(=O)O)cc1S(=O)(=O)Nc1ccc2c(c1)OC1(CCCC1)O2. The predicted octanol–water partition coefficient (Wildman–Crippen LogP) is 3.54. The van der Waals surface area contributed by atoms with E-state index in [1.54, 1.807) is 25.1 Å². The van der Waals surface area contributed by atoms with Crippen molar-refractivity contribution < 1.29 is 27.8 Å². The van der Waals surface area contributed by atoms with Crippen LogP contribution in [0, 0.1) is 6.92 Å². The number of carboxylic acid groups (broad SMARTS) is 1. The molecule has 2 aromatic carbocycles. The van der Waals surface area contributed by atoms with Gasteiger partial charge in [0.05, 0.1) is 16.1 Å². The number of anilines is 1. The monoisotopic (exact) mass is 389 g/mol. The van der Waals surface area contributed by atoms with Crippen LogP contribution in [0.2, 0.25) is 0 Å². The number of aryl methyl sites for hydroxylation is 1. The lowest BCUT2D eigenvalue weighted by Crippen LogP contribution is -2.34. The number of ether oxygens (including phenoxy) is 2. The van der Waals surface area contributed by atoms with Gasteiger partial charge in [0, 0.05) is 18.9 Å². The minimum absolute atomic E-state index is 0.0765. The van der Waals surface area contributed by atoms with Crippen molar-refractivity contribution in [3.63, 3.8) is 0 Å². The molecule has 2 aliphatic rings. The van der Waals surface area contributed by atoms with E-state index in [0.717, 1.165) is 31.7 Å². The first kappa shape index (κ1) is 17.7. The first-order chi connectivity index (χ1) is 12.8. The second-order valence-electron chi connectivity index (χ2n) is 6.87. The minimum atomic E-state index is -3.95. The first-order valence-corrected chi connectivity index (χ1v) is 10.2. The molecule has 27 heavy (non-hydrogen) atoms. The number of sulfonamides is 1. The topological polar surface area (TPSA) is 102 Å². The van der Waals surface area contributed by atoms with Crippen molar-refractivity contribution in [1.82, 2.24) is 0 Å². The Bertz CT molecular complexity index is 1020. The Kier molecular flexibility index (Phi) is 4.03. The average molecular weight is 389 g/mol. The van der Waals surface area contributed by atoms with Crippen LogP contribution < -0.4 is 14.2 Å². The Morgan fingerprint density at radius 1 is 1.07 bits per heavy atom. The van der Waals surface area contributed by atoms with Gasteiger partial charge in [-0.15, -0.1) is 0 Å². The molecule has 2 aromatic rings. The molecule has 0 unspecified atom stereocenters. The van der Waals surface area contributed by atoms with Crippen molar-refractivity contribution in [2.75, 3.05) is 4.72 Å². The molecular formula is C19H19NO6S. The van der Waals surface area contributed by atoms with Gasteiger partial charge in [-0.25, -0.2) is 13.2 Å². The zero-order valence-corrected chi connectivity index (χ0v) is 15.5. The van der Waals surface area contributed by atoms with Crippen LogP contribution in [0.25, 0.3) is 0 Å². The molecule has 1 heterocycles. The maximum absolute atomic E-state index is 12.8. The molecule has 1 aliphatic heterocycles. The molecule has 0 saturated heterocycles. The van der Waals surface area contributed by atoms with Gasteiger partial charge in [0.15, 0.2) is 11.5 Å². The number of carbonyl (C=O) groups is 1. The number of hydrogen-bond donors (Lipinski definition) is 2. The lowest BCUT2D eigenvalue weighted by atomic mass is 10.1. The molecule has 4 rings (SSSR count). The number of aromatic carboxylic acids is 1. The summed E-state index contributed by atoms with van der Waals surface area (Å²) < 4.78 is 39.9. The van der Waals surface area contributed by atoms with Gasteiger partial charge >= 0.3 is 5.97 Å². The summed E-state index contributed by atoms with van der Waals surface area (Å²) in [6, 6.07) is 8.88. The summed E-state index contributed by atoms with van der Waals surface area (Å²) in [6.07, 6.45) is 3.69. The van der Waals surface area contributed by atoms with E-state index in [-0.39, 0.29) is 10.5 Å². The third-order valence-electron chi connectivity index (χ3n) is 4.88. The van der Waals surface area contributed by atoms with Crippen molar-refractivity contribution in [2.45, 2.75) is 43.3 Å². The molecule has 0 radical (unpaired) electrons. The Morgan fingerprint density at radius 3 is 2.48 bits per heavy atom. The van der Waals surface area contributed by atoms with Crippen LogP contribution in [-0.4, -0.2) is 25.3 Å². The van der Waals surface area contributed by atoms with Crippen LogP contribution in [0.5, 0.6) is 11.5 Å². The van der Waals surface area contributed by atoms with Crippen molar-refractivity contribution in [3.8, 4) is 11.5 Å². The molecule has 8 heteroatoms. The number of fused-ring (bicyclic) bond motifs is 1. The van der Waals surface area contributed by atoms with Gasteiger partial charge in [-0.2, -0.15) is 0 Å². The number of carboxylic acids is 1. The van der Waals surface area contributed by atoms with Crippen molar-refractivity contribution in [1.29, 1.82) is 0 Å². The summed E-state index contributed by atoms with van der Waals surface area (Å²) in [4.78, 5) is 11.1. The van der Waals surface area contributed by atoms with Gasteiger partial charge in [-0.3, -0.25) is 4.72 Å². The van der Waals surface area contributed by atoms with E-state index >= 15 is 0 Å². The third kappa shape index (κ3) is 3.21. The molecule has 1 saturated carbocycles. The fourth-order valence-electron chi connectivity index (χ4n) is 3.51. The largest absolute Gasteiger partial charge is 0.478 e. The zero-order valence-electron chi connectivity index (χ0n) is 14.7. The molecule has 0 atom stereocenters. The molecule has 1 aliphatic carbocycles. The van der Waals surface area contributed by atoms with E-state index < -0.39 is 21.8 Å². The highest BCUT2D eigenvalue weighted by Gasteiger charge is 2.44. The maximum Gasteiger partial charge on any atom is 0.335 e. The quantitative estimate of drug-likeness (QED) is 0.829. The Hall–Kier alpha value is -2.74. The normalized spacial score (nSPS) is 17.2. The summed E-state index contributed by atoms with van der Waals surface area (Å²) in [7, 11) is -3.95. The summed E-state index contributed by atoms with van der Waals surface area (Å²) in [5.74, 6) is -0.694. The molecule has 0 amide bonds. The van der Waals surface area contributed by atoms with E-state index in [0.29, 0.717) is 22.7 Å². The second kappa shape index (κ2) is 6.16. The molecule has 142 valence electrons. The van der Waals surface area contributed by atoms with Crippen LogP contribution in [-0.2, 0) is 10.0 Å². The van der Waals surface area contributed by atoms with E-state index in [9.17, 15) is 13.2 Å². The van der Waals surface area contributed by atoms with Gasteiger partial charge in [-0.1, -0.05) is 6.07 Å². The molecule has 0 aromatic heterocycles. The zero-order chi connectivity index (χ0) is 19.2. The van der Waals surface area contributed by atoms with E-state index in [4.69, 9.17) is 14.6 Å². The predicted molar refractivity (Wildman–Crippen MR) is 97.8 cm³/mol. The van der Waals surface area contributed by atoms with Crippen molar-refractivity contribution >= 4 is 21.7 Å². The van der Waals surface area contributed by atoms with Crippen molar-refractivity contribution in [2.24, 2.45) is 0 Å². The Labute approximate surface area is 157 Å². The summed E-state index contributed by atoms with van der Waals surface area (Å²) in [6.45, 7) is 1.61. The van der Waals surface area contributed by atoms with Gasteiger partial charge in [0.2, 0.25) is 0 Å². The van der Waals surface area contributed by atoms with Crippen LogP contribution in [0.3, 0.4) is 0 Å². The van der Waals surface area contributed by atoms with Gasteiger partial charge in [0.1, 0.15) is 0 Å². The van der Waals surface area contributed by atoms with Crippen molar-refractivity contribution in [3.05, 3.63) is 47.5 Å². The number of nitrogens with one attached hydrogen (secondary N) is 1. The number of benzene rings is 2. The summed E-state index contributed by atoms with van der Waals surface area (Å²) in [5.41, 5.74) is 0.695. The number of hydrogen-bond acceptors (Lipinski definition) is 5. The second-order valence-corrected chi connectivity index (χ2v) is 8.53. The van der Waals surface area contributed by atoms with Gasteiger partial charge in [0.25, 0.3) is 15.8 Å². The first-order valence-electron chi connectivity index (χ1n) is 8.67. The number of rotatable bonds is 4. The van der Waals surface area contributed by atoms with Gasteiger partial charge in [-0.05, 0) is 49.6 Å². The van der Waals surface area contributed by atoms with Crippen LogP contribution in [0.1, 0.15) is 41.6 Å². The summed E-state index contributed by atoms with van der Waals surface area (Å²) in [5, 5.41) is 9.12. The van der Waals surface area contributed by atoms with E-state index in [2.05, 4.69) is 4.72 Å². The van der Waals surface area contributed by atoms with E-state index in [1.807, 2.05) is 0 Å². The van der Waals surface area contributed by atoms with E-state index in [1.165, 1.54) is 12.1 Å². The minimum Gasteiger partial charge on any atom is -0.478 e. The highest BCUT2D eigenvalue weighted by molar-refractivity contribution is 7.92. The molecular weight excluding hydrogens is 370 g/mol. The Morgan fingerprint density at radius 2 is 1.78 bits per heavy atom. The highest BCUT2D eigenvalue weighted by atomic mass is 32.2. The maximum atomic E-state index is 12.8. The highest BCUT2D eigenvalue weighted by Crippen LogP contribution is 2.47. The third-order valence-corrected chi connectivity index (χ3v) is 6.40. The molecule has 0 bridgehead atoms. The van der Waals surface area contributed by atoms with Crippen LogP contribution in [0.15, 0.2) is 41.3 Å². The lowest BCUT2D eigenvalue weighted by Gasteiger charge is -2.21. The molecule has 1 spiro atoms. The fourth-order valence-corrected chi connectivity index (χ4v) is 4.83. The van der Waals surface area contributed by atoms with Crippen LogP contribution >= 0.6 is 0 Å². The molecule has 1 fully saturated rings. The lowest BCUT2D eigenvalue weighted by molar-refractivity contribution is -0.0716. The summed E-state index contributed by atoms with van der Waals surface area (Å²) >= 11 is 0. The standard InChI is InChI=1S/C19H19NO6S/c1-12-4-5-13(18(21)22)10-17(12)27(23,24)20-14-6-7-15-16(11-14)26-19(25-15)8-2-3-9-19/h4-7,10-11,20H,2-3,8-9H2,1H3,(H,21,22). The average Bonchev–Trinajstić information content (AvgIpc) is 3.20. The fraction of sp³-hybridized carbons (Fsp3) is 0.316. The Balaban J connectivity index is 1.62. The van der Waals surface area contributed by atoms with Crippen LogP contribution in [0.4, 0.5) is 5.69 Å². The smallest absolute Gasteiger partial charge is 0.335 e. The molecule has 7 nitrogen and oxygen atoms in total. The molecule has 2 N–H and O–H groups in total.